The maximum atomic E-state index is 6.63. The molecule has 1 aliphatic rings. The lowest BCUT2D eigenvalue weighted by Crippen LogP contribution is -2.58. The quantitative estimate of drug-likeness (QED) is 0.904. The van der Waals surface area contributed by atoms with Crippen molar-refractivity contribution in [2.45, 2.75) is 45.8 Å². The summed E-state index contributed by atoms with van der Waals surface area (Å²) < 4.78 is 0. The summed E-state index contributed by atoms with van der Waals surface area (Å²) in [4.78, 5) is 5.17. The lowest BCUT2D eigenvalue weighted by atomic mass is 9.89. The Hall–Kier alpha value is -0.900. The molecule has 0 amide bonds. The Bertz CT molecular complexity index is 418. The van der Waals surface area contributed by atoms with Gasteiger partial charge in [-0.05, 0) is 24.9 Å². The SMILES string of the molecule is CCN1CCN(C(C(C)C)C(N)c2ccccc2)CC1C. The highest BCUT2D eigenvalue weighted by atomic mass is 15.3. The first-order chi connectivity index (χ1) is 10.0. The van der Waals surface area contributed by atoms with E-state index in [1.807, 2.05) is 0 Å². The van der Waals surface area contributed by atoms with Gasteiger partial charge in [0, 0.05) is 37.8 Å². The van der Waals surface area contributed by atoms with E-state index < -0.39 is 0 Å². The zero-order chi connectivity index (χ0) is 15.4. The maximum Gasteiger partial charge on any atom is 0.0455 e. The molecular weight excluding hydrogens is 258 g/mol. The third-order valence-corrected chi connectivity index (χ3v) is 4.86. The largest absolute Gasteiger partial charge is 0.323 e. The van der Waals surface area contributed by atoms with E-state index in [4.69, 9.17) is 5.73 Å². The molecule has 0 bridgehead atoms. The van der Waals surface area contributed by atoms with E-state index in [1.165, 1.54) is 5.56 Å². The molecule has 3 nitrogen and oxygen atoms in total. The Morgan fingerprint density at radius 3 is 2.38 bits per heavy atom. The van der Waals surface area contributed by atoms with Gasteiger partial charge in [-0.1, -0.05) is 51.1 Å². The predicted molar refractivity (Wildman–Crippen MR) is 90.3 cm³/mol. The van der Waals surface area contributed by atoms with Crippen LogP contribution in [0.5, 0.6) is 0 Å². The Labute approximate surface area is 130 Å². The summed E-state index contributed by atoms with van der Waals surface area (Å²) in [7, 11) is 0. The van der Waals surface area contributed by atoms with Crippen molar-refractivity contribution >= 4 is 0 Å². The summed E-state index contributed by atoms with van der Waals surface area (Å²) in [6.07, 6.45) is 0. The number of hydrogen-bond acceptors (Lipinski definition) is 3. The number of likely N-dealkylation sites (N-methyl/N-ethyl adjacent to an activating group) is 1. The van der Waals surface area contributed by atoms with Crippen LogP contribution in [-0.4, -0.2) is 48.1 Å². The normalized spacial score (nSPS) is 24.2. The van der Waals surface area contributed by atoms with Gasteiger partial charge in [0.2, 0.25) is 0 Å². The van der Waals surface area contributed by atoms with Gasteiger partial charge in [0.15, 0.2) is 0 Å². The van der Waals surface area contributed by atoms with E-state index in [0.29, 0.717) is 18.0 Å². The van der Waals surface area contributed by atoms with Gasteiger partial charge < -0.3 is 5.73 Å². The van der Waals surface area contributed by atoms with E-state index in [1.54, 1.807) is 0 Å². The average Bonchev–Trinajstić information content (AvgIpc) is 2.48. The van der Waals surface area contributed by atoms with Gasteiger partial charge in [0.05, 0.1) is 0 Å². The van der Waals surface area contributed by atoms with Crippen LogP contribution in [0.15, 0.2) is 30.3 Å². The third kappa shape index (κ3) is 3.85. The van der Waals surface area contributed by atoms with Gasteiger partial charge in [0.25, 0.3) is 0 Å². The molecule has 1 heterocycles. The number of nitrogens with zero attached hydrogens (tertiary/aromatic N) is 2. The molecule has 21 heavy (non-hydrogen) atoms. The van der Waals surface area contributed by atoms with E-state index >= 15 is 0 Å². The molecule has 3 unspecified atom stereocenters. The van der Waals surface area contributed by atoms with Gasteiger partial charge >= 0.3 is 0 Å². The van der Waals surface area contributed by atoms with Crippen molar-refractivity contribution in [1.29, 1.82) is 0 Å². The fourth-order valence-electron chi connectivity index (χ4n) is 3.70. The number of benzene rings is 1. The number of hydrogen-bond donors (Lipinski definition) is 1. The molecule has 1 aromatic rings. The second kappa shape index (κ2) is 7.39. The van der Waals surface area contributed by atoms with Crippen LogP contribution in [0.4, 0.5) is 0 Å². The Morgan fingerprint density at radius 1 is 1.19 bits per heavy atom. The third-order valence-electron chi connectivity index (χ3n) is 4.86. The van der Waals surface area contributed by atoms with Crippen molar-refractivity contribution in [3.05, 3.63) is 35.9 Å². The van der Waals surface area contributed by atoms with Gasteiger partial charge in [0.1, 0.15) is 0 Å². The first-order valence-corrected chi connectivity index (χ1v) is 8.33. The first-order valence-electron chi connectivity index (χ1n) is 8.33. The van der Waals surface area contributed by atoms with Crippen molar-refractivity contribution in [3.8, 4) is 0 Å². The minimum absolute atomic E-state index is 0.0894. The van der Waals surface area contributed by atoms with Gasteiger partial charge in [-0.15, -0.1) is 0 Å². The molecule has 3 atom stereocenters. The topological polar surface area (TPSA) is 32.5 Å². The Balaban J connectivity index is 2.13. The van der Waals surface area contributed by atoms with Crippen molar-refractivity contribution < 1.29 is 0 Å². The summed E-state index contributed by atoms with van der Waals surface area (Å²) >= 11 is 0. The van der Waals surface area contributed by atoms with E-state index in [0.717, 1.165) is 26.2 Å². The molecule has 2 N–H and O–H groups in total. The van der Waals surface area contributed by atoms with E-state index in [2.05, 4.69) is 67.8 Å². The predicted octanol–water partition coefficient (Wildman–Crippen LogP) is 2.74. The zero-order valence-electron chi connectivity index (χ0n) is 14.0. The summed E-state index contributed by atoms with van der Waals surface area (Å²) in [5.74, 6) is 0.556. The number of rotatable bonds is 5. The van der Waals surface area contributed by atoms with Gasteiger partial charge in [-0.25, -0.2) is 0 Å². The fraction of sp³-hybridized carbons (Fsp3) is 0.667. The van der Waals surface area contributed by atoms with E-state index in [-0.39, 0.29) is 6.04 Å². The number of piperazine rings is 1. The molecule has 1 aromatic carbocycles. The lowest BCUT2D eigenvalue weighted by molar-refractivity contribution is 0.0338. The molecule has 0 spiro atoms. The van der Waals surface area contributed by atoms with Crippen LogP contribution in [0.25, 0.3) is 0 Å². The van der Waals surface area contributed by atoms with Crippen molar-refractivity contribution in [2.75, 3.05) is 26.2 Å². The van der Waals surface area contributed by atoms with Crippen LogP contribution in [0.2, 0.25) is 0 Å². The number of nitrogens with two attached hydrogens (primary N) is 1. The first kappa shape index (κ1) is 16.5. The van der Waals surface area contributed by atoms with Gasteiger partial charge in [-0.2, -0.15) is 0 Å². The molecule has 0 saturated carbocycles. The fourth-order valence-corrected chi connectivity index (χ4v) is 3.70. The molecule has 3 heteroatoms. The van der Waals surface area contributed by atoms with E-state index in [9.17, 15) is 0 Å². The van der Waals surface area contributed by atoms with Crippen LogP contribution < -0.4 is 5.73 Å². The van der Waals surface area contributed by atoms with Crippen molar-refractivity contribution in [2.24, 2.45) is 11.7 Å². The molecule has 1 saturated heterocycles. The molecule has 118 valence electrons. The molecule has 1 fully saturated rings. The minimum Gasteiger partial charge on any atom is -0.323 e. The standard InChI is InChI=1S/C18H31N3/c1-5-20-11-12-21(13-15(20)4)18(14(2)3)17(19)16-9-7-6-8-10-16/h6-10,14-15,17-18H,5,11-13,19H2,1-4H3. The maximum absolute atomic E-state index is 6.63. The van der Waals surface area contributed by atoms with Crippen LogP contribution in [-0.2, 0) is 0 Å². The summed E-state index contributed by atoms with van der Waals surface area (Å²) in [6.45, 7) is 13.7. The highest BCUT2D eigenvalue weighted by Gasteiger charge is 2.33. The monoisotopic (exact) mass is 289 g/mol. The summed E-state index contributed by atoms with van der Waals surface area (Å²) in [5, 5.41) is 0. The average molecular weight is 289 g/mol. The molecule has 0 aromatic heterocycles. The highest BCUT2D eigenvalue weighted by molar-refractivity contribution is 5.20. The van der Waals surface area contributed by atoms with Crippen molar-refractivity contribution in [3.63, 3.8) is 0 Å². The molecule has 1 aliphatic heterocycles. The highest BCUT2D eigenvalue weighted by Crippen LogP contribution is 2.26. The molecule has 0 aliphatic carbocycles. The molecule has 2 rings (SSSR count). The molecular formula is C18H31N3. The zero-order valence-corrected chi connectivity index (χ0v) is 14.0. The van der Waals surface area contributed by atoms with Crippen LogP contribution >= 0.6 is 0 Å². The van der Waals surface area contributed by atoms with Crippen LogP contribution in [0.1, 0.15) is 39.3 Å². The lowest BCUT2D eigenvalue weighted by Gasteiger charge is -2.46. The Kier molecular flexibility index (Phi) is 5.80. The second-order valence-corrected chi connectivity index (χ2v) is 6.64. The van der Waals surface area contributed by atoms with Crippen LogP contribution in [0, 0.1) is 5.92 Å². The Morgan fingerprint density at radius 2 is 1.86 bits per heavy atom. The smallest absolute Gasteiger partial charge is 0.0455 e. The second-order valence-electron chi connectivity index (χ2n) is 6.64. The van der Waals surface area contributed by atoms with Crippen molar-refractivity contribution in [1.82, 2.24) is 9.80 Å². The van der Waals surface area contributed by atoms with Crippen LogP contribution in [0.3, 0.4) is 0 Å². The van der Waals surface area contributed by atoms with Gasteiger partial charge in [-0.3, -0.25) is 9.80 Å². The summed E-state index contributed by atoms with van der Waals surface area (Å²) in [5.41, 5.74) is 7.88. The minimum atomic E-state index is 0.0894. The molecule has 0 radical (unpaired) electrons. The summed E-state index contributed by atoms with van der Waals surface area (Å²) in [6, 6.07) is 11.7.